The number of halogens is 13. The molecule has 1 aliphatic carbocycles. The fourth-order valence-electron chi connectivity index (χ4n) is 3.34. The standard InChI is InChI=1S/C18H8BrF12N/c19-11-5-10(14(20,21)16(23,24)25)6-13(7-11,12-4-2-1-3-9(12)8-32)15(22,17(26,27)28)18(29,30)31/h1-4,6-7H,5H2. The van der Waals surface area contributed by atoms with Crippen LogP contribution in [0.5, 0.6) is 0 Å². The van der Waals surface area contributed by atoms with Gasteiger partial charge in [-0.05, 0) is 16.1 Å². The zero-order valence-electron chi connectivity index (χ0n) is 15.0. The predicted molar refractivity (Wildman–Crippen MR) is 89.5 cm³/mol. The third-order valence-electron chi connectivity index (χ3n) is 4.75. The van der Waals surface area contributed by atoms with E-state index < -0.39 is 69.2 Å². The largest absolute Gasteiger partial charge is 0.457 e. The molecule has 0 amide bonds. The van der Waals surface area contributed by atoms with E-state index in [1.807, 2.05) is 0 Å². The zero-order valence-corrected chi connectivity index (χ0v) is 16.6. The molecule has 0 heterocycles. The lowest BCUT2D eigenvalue weighted by Gasteiger charge is -2.46. The van der Waals surface area contributed by atoms with Gasteiger partial charge in [-0.3, -0.25) is 0 Å². The Balaban J connectivity index is 3.15. The minimum Gasteiger partial charge on any atom is -0.222 e. The normalized spacial score (nSPS) is 21.0. The molecule has 0 saturated carbocycles. The second-order valence-electron chi connectivity index (χ2n) is 6.69. The summed E-state index contributed by atoms with van der Waals surface area (Å²) in [7, 11) is 0. The van der Waals surface area contributed by atoms with Crippen LogP contribution in [0.25, 0.3) is 0 Å². The molecule has 14 heteroatoms. The number of benzene rings is 1. The first-order valence-corrected chi connectivity index (χ1v) is 8.91. The van der Waals surface area contributed by atoms with Crippen LogP contribution in [0, 0.1) is 11.3 Å². The van der Waals surface area contributed by atoms with Gasteiger partial charge in [0.05, 0.1) is 17.0 Å². The summed E-state index contributed by atoms with van der Waals surface area (Å²) in [6, 6.07) is 4.02. The van der Waals surface area contributed by atoms with Gasteiger partial charge in [-0.15, -0.1) is 0 Å². The fourth-order valence-corrected chi connectivity index (χ4v) is 4.01. The summed E-state index contributed by atoms with van der Waals surface area (Å²) < 4.78 is 163. The highest BCUT2D eigenvalue weighted by molar-refractivity contribution is 9.11. The van der Waals surface area contributed by atoms with E-state index in [2.05, 4.69) is 15.9 Å². The maximum atomic E-state index is 15.4. The van der Waals surface area contributed by atoms with Gasteiger partial charge in [-0.2, -0.15) is 53.6 Å². The third kappa shape index (κ3) is 3.78. The molecule has 1 nitrogen and oxygen atoms in total. The quantitative estimate of drug-likeness (QED) is 0.286. The van der Waals surface area contributed by atoms with Gasteiger partial charge < -0.3 is 0 Å². The Bertz CT molecular complexity index is 979. The number of hydrogen-bond acceptors (Lipinski definition) is 1. The molecule has 0 spiro atoms. The molecule has 0 bridgehead atoms. The van der Waals surface area contributed by atoms with Crippen LogP contribution < -0.4 is 0 Å². The molecule has 0 fully saturated rings. The Morgan fingerprint density at radius 2 is 1.28 bits per heavy atom. The molecule has 32 heavy (non-hydrogen) atoms. The average Bonchev–Trinajstić information content (AvgIpc) is 2.63. The van der Waals surface area contributed by atoms with Crippen molar-refractivity contribution < 1.29 is 52.7 Å². The number of allylic oxidation sites excluding steroid dienone is 4. The van der Waals surface area contributed by atoms with E-state index in [4.69, 9.17) is 5.26 Å². The molecule has 176 valence electrons. The second-order valence-corrected chi connectivity index (χ2v) is 7.71. The molecule has 0 aromatic heterocycles. The van der Waals surface area contributed by atoms with Crippen molar-refractivity contribution in [1.29, 1.82) is 5.26 Å². The molecule has 1 aromatic rings. The highest BCUT2D eigenvalue weighted by Gasteiger charge is 2.81. The molecule has 1 aromatic carbocycles. The Labute approximate surface area is 180 Å². The third-order valence-corrected chi connectivity index (χ3v) is 5.26. The first-order chi connectivity index (χ1) is 14.3. The summed E-state index contributed by atoms with van der Waals surface area (Å²) in [6.45, 7) is 0. The zero-order chi connectivity index (χ0) is 25.0. The Hall–Kier alpha value is -2.17. The lowest BCUT2D eigenvalue weighted by Crippen LogP contribution is -2.65. The number of nitriles is 1. The van der Waals surface area contributed by atoms with E-state index in [1.165, 1.54) is 6.07 Å². The van der Waals surface area contributed by atoms with Crippen molar-refractivity contribution in [3.63, 3.8) is 0 Å². The minimum absolute atomic E-state index is 0.0971. The van der Waals surface area contributed by atoms with E-state index in [1.54, 1.807) is 0 Å². The second kappa shape index (κ2) is 7.71. The Morgan fingerprint density at radius 1 is 0.781 bits per heavy atom. The van der Waals surface area contributed by atoms with E-state index in [-0.39, 0.29) is 6.08 Å². The highest BCUT2D eigenvalue weighted by atomic mass is 79.9. The molecular formula is C18H8BrF12N. The van der Waals surface area contributed by atoms with Crippen molar-refractivity contribution in [2.24, 2.45) is 0 Å². The molecular weight excluding hydrogens is 538 g/mol. The number of rotatable bonds is 3. The lowest BCUT2D eigenvalue weighted by molar-refractivity contribution is -0.354. The van der Waals surface area contributed by atoms with Crippen LogP contribution in [-0.4, -0.2) is 30.1 Å². The summed E-state index contributed by atoms with van der Waals surface area (Å²) in [5, 5.41) is 9.14. The van der Waals surface area contributed by atoms with Crippen molar-refractivity contribution in [3.05, 3.63) is 57.6 Å². The van der Waals surface area contributed by atoms with Crippen LogP contribution in [0.4, 0.5) is 52.7 Å². The van der Waals surface area contributed by atoms with Crippen molar-refractivity contribution in [1.82, 2.24) is 0 Å². The molecule has 0 N–H and O–H groups in total. The van der Waals surface area contributed by atoms with Gasteiger partial charge >= 0.3 is 30.1 Å². The summed E-state index contributed by atoms with van der Waals surface area (Å²) in [5.41, 5.74) is -15.4. The van der Waals surface area contributed by atoms with Crippen molar-refractivity contribution in [3.8, 4) is 6.07 Å². The number of alkyl halides is 12. The van der Waals surface area contributed by atoms with Gasteiger partial charge in [0.2, 0.25) is 0 Å². The van der Waals surface area contributed by atoms with Gasteiger partial charge in [-0.1, -0.05) is 46.3 Å². The van der Waals surface area contributed by atoms with E-state index in [0.717, 1.165) is 12.1 Å². The number of nitrogens with zero attached hydrogens (tertiary/aromatic N) is 1. The summed E-state index contributed by atoms with van der Waals surface area (Å²) in [5.74, 6) is -5.91. The van der Waals surface area contributed by atoms with Gasteiger partial charge in [0, 0.05) is 12.0 Å². The van der Waals surface area contributed by atoms with Crippen LogP contribution in [0.3, 0.4) is 0 Å². The van der Waals surface area contributed by atoms with Crippen LogP contribution in [0.1, 0.15) is 17.5 Å². The maximum Gasteiger partial charge on any atom is 0.457 e. The van der Waals surface area contributed by atoms with Crippen molar-refractivity contribution in [2.75, 3.05) is 0 Å². The fraction of sp³-hybridized carbons (Fsp3) is 0.389. The molecule has 2 rings (SSSR count). The monoisotopic (exact) mass is 545 g/mol. The van der Waals surface area contributed by atoms with Gasteiger partial charge in [0.1, 0.15) is 0 Å². The summed E-state index contributed by atoms with van der Waals surface area (Å²) in [6.07, 6.45) is -22.4. The average molecular weight is 546 g/mol. The maximum absolute atomic E-state index is 15.4. The molecule has 1 aliphatic rings. The minimum atomic E-state index is -6.86. The Morgan fingerprint density at radius 3 is 1.72 bits per heavy atom. The smallest absolute Gasteiger partial charge is 0.222 e. The van der Waals surface area contributed by atoms with Crippen molar-refractivity contribution in [2.45, 2.75) is 42.0 Å². The predicted octanol–water partition coefficient (Wildman–Crippen LogP) is 7.44. The summed E-state index contributed by atoms with van der Waals surface area (Å²) in [4.78, 5) is 0. The number of hydrogen-bond donors (Lipinski definition) is 0. The van der Waals surface area contributed by atoms with Crippen LogP contribution in [0.2, 0.25) is 0 Å². The van der Waals surface area contributed by atoms with Crippen LogP contribution in [-0.2, 0) is 5.41 Å². The van der Waals surface area contributed by atoms with Crippen LogP contribution >= 0.6 is 15.9 Å². The molecule has 1 atom stereocenters. The molecule has 1 unspecified atom stereocenters. The highest BCUT2D eigenvalue weighted by Crippen LogP contribution is 2.62. The van der Waals surface area contributed by atoms with E-state index in [9.17, 15) is 48.3 Å². The molecule has 0 radical (unpaired) electrons. The van der Waals surface area contributed by atoms with Gasteiger partial charge in [-0.25, -0.2) is 4.39 Å². The summed E-state index contributed by atoms with van der Waals surface area (Å²) >= 11 is 2.37. The molecule has 0 aliphatic heterocycles. The topological polar surface area (TPSA) is 23.8 Å². The van der Waals surface area contributed by atoms with Gasteiger partial charge in [0.15, 0.2) is 0 Å². The SMILES string of the molecule is N#Cc1ccccc1C1(C(F)(C(F)(F)F)C(F)(F)F)C=C(Br)CC(C(F)(F)C(F)(F)F)=C1. The Kier molecular flexibility index (Phi) is 6.28. The van der Waals surface area contributed by atoms with Crippen molar-refractivity contribution >= 4 is 15.9 Å². The lowest BCUT2D eigenvalue weighted by atomic mass is 9.63. The van der Waals surface area contributed by atoms with Gasteiger partial charge in [0.25, 0.3) is 0 Å². The first kappa shape index (κ1) is 26.1. The van der Waals surface area contributed by atoms with E-state index >= 15 is 4.39 Å². The first-order valence-electron chi connectivity index (χ1n) is 8.12. The van der Waals surface area contributed by atoms with E-state index in [0.29, 0.717) is 12.1 Å². The van der Waals surface area contributed by atoms with Crippen LogP contribution in [0.15, 0.2) is 46.5 Å². The molecule has 0 saturated heterocycles.